The number of hydrogen-bond donors (Lipinski definition) is 1. The number of ether oxygens (including phenoxy) is 2. The summed E-state index contributed by atoms with van der Waals surface area (Å²) < 4.78 is 12.6. The van der Waals surface area contributed by atoms with Gasteiger partial charge in [-0.25, -0.2) is 4.99 Å². The maximum atomic E-state index is 12.5. The van der Waals surface area contributed by atoms with Gasteiger partial charge in [0.05, 0.1) is 27.8 Å². The molecule has 0 bridgehead atoms. The maximum Gasteiger partial charge on any atom is 0.264 e. The van der Waals surface area contributed by atoms with Gasteiger partial charge in [0, 0.05) is 5.02 Å². The van der Waals surface area contributed by atoms with Crippen molar-refractivity contribution in [1.82, 2.24) is 5.32 Å². The molecule has 0 saturated carbocycles. The number of thioether (sulfide) groups is 1. The van der Waals surface area contributed by atoms with Crippen molar-refractivity contribution in [3.8, 4) is 11.5 Å². The van der Waals surface area contributed by atoms with Gasteiger partial charge in [-0.2, -0.15) is 0 Å². The lowest BCUT2D eigenvalue weighted by atomic mass is 10.1. The van der Waals surface area contributed by atoms with Crippen LogP contribution < -0.4 is 14.8 Å². The number of carbonyl (C=O) groups is 1. The highest BCUT2D eigenvalue weighted by molar-refractivity contribution is 9.10. The molecule has 0 aliphatic carbocycles. The second kappa shape index (κ2) is 10.6. The van der Waals surface area contributed by atoms with Gasteiger partial charge in [0.25, 0.3) is 5.91 Å². The Morgan fingerprint density at radius 2 is 2.10 bits per heavy atom. The predicted molar refractivity (Wildman–Crippen MR) is 133 cm³/mol. The highest BCUT2D eigenvalue weighted by Crippen LogP contribution is 2.39. The molecule has 3 rings (SSSR count). The molecule has 1 N–H and O–H groups in total. The molecular weight excluding hydrogens is 500 g/mol. The molecule has 1 heterocycles. The lowest BCUT2D eigenvalue weighted by Crippen LogP contribution is -2.19. The molecular formula is C23H24BrClN2O3S. The van der Waals surface area contributed by atoms with Crippen molar-refractivity contribution in [2.24, 2.45) is 4.99 Å². The third-order valence-electron chi connectivity index (χ3n) is 4.64. The van der Waals surface area contributed by atoms with Crippen molar-refractivity contribution in [3.63, 3.8) is 0 Å². The fourth-order valence-electron chi connectivity index (χ4n) is 2.79. The molecule has 5 nitrogen and oxygen atoms in total. The molecule has 0 spiro atoms. The number of aliphatic imine (C=N–C) groups is 1. The largest absolute Gasteiger partial charge is 0.490 e. The highest BCUT2D eigenvalue weighted by atomic mass is 79.9. The third-order valence-corrected chi connectivity index (χ3v) is 6.54. The number of benzene rings is 2. The second-order valence-electron chi connectivity index (χ2n) is 6.97. The van der Waals surface area contributed by atoms with Crippen LogP contribution in [0.5, 0.6) is 11.5 Å². The third kappa shape index (κ3) is 5.84. The van der Waals surface area contributed by atoms with Crippen molar-refractivity contribution >= 4 is 62.1 Å². The Morgan fingerprint density at radius 1 is 1.32 bits per heavy atom. The summed E-state index contributed by atoms with van der Waals surface area (Å²) in [5.74, 6) is 1.11. The second-order valence-corrected chi connectivity index (χ2v) is 9.26. The van der Waals surface area contributed by atoms with Crippen LogP contribution in [0.2, 0.25) is 5.02 Å². The molecule has 1 atom stereocenters. The minimum atomic E-state index is -0.197. The van der Waals surface area contributed by atoms with Gasteiger partial charge in [-0.05, 0) is 96.4 Å². The predicted octanol–water partition coefficient (Wildman–Crippen LogP) is 6.88. The van der Waals surface area contributed by atoms with Gasteiger partial charge in [-0.3, -0.25) is 4.79 Å². The van der Waals surface area contributed by atoms with Crippen molar-refractivity contribution < 1.29 is 14.3 Å². The van der Waals surface area contributed by atoms with Gasteiger partial charge < -0.3 is 14.8 Å². The number of hydrogen-bond acceptors (Lipinski definition) is 5. The van der Waals surface area contributed by atoms with E-state index in [9.17, 15) is 4.79 Å². The minimum absolute atomic E-state index is 0.0598. The van der Waals surface area contributed by atoms with Crippen LogP contribution in [0, 0.1) is 6.92 Å². The van der Waals surface area contributed by atoms with E-state index in [0.29, 0.717) is 33.2 Å². The van der Waals surface area contributed by atoms with E-state index < -0.39 is 0 Å². The molecule has 0 aromatic heterocycles. The summed E-state index contributed by atoms with van der Waals surface area (Å²) in [5, 5.41) is 3.97. The van der Waals surface area contributed by atoms with E-state index >= 15 is 0 Å². The number of amidine groups is 1. The Hall–Kier alpha value is -1.96. The molecule has 0 unspecified atom stereocenters. The lowest BCUT2D eigenvalue weighted by Gasteiger charge is -2.18. The Balaban J connectivity index is 1.89. The minimum Gasteiger partial charge on any atom is -0.490 e. The van der Waals surface area contributed by atoms with E-state index in [4.69, 9.17) is 21.1 Å². The summed E-state index contributed by atoms with van der Waals surface area (Å²) in [6, 6.07) is 9.31. The number of carbonyl (C=O) groups excluding carboxylic acids is 1. The first-order chi connectivity index (χ1) is 14.8. The molecule has 1 fully saturated rings. The lowest BCUT2D eigenvalue weighted by molar-refractivity contribution is -0.115. The van der Waals surface area contributed by atoms with E-state index in [1.165, 1.54) is 11.8 Å². The smallest absolute Gasteiger partial charge is 0.264 e. The first-order valence-electron chi connectivity index (χ1n) is 10.00. The molecule has 1 saturated heterocycles. The van der Waals surface area contributed by atoms with Crippen LogP contribution in [0.3, 0.4) is 0 Å². The van der Waals surface area contributed by atoms with Crippen LogP contribution in [-0.2, 0) is 4.79 Å². The first kappa shape index (κ1) is 23.7. The number of nitrogens with one attached hydrogen (secondary N) is 1. The number of halogens is 2. The zero-order valence-corrected chi connectivity index (χ0v) is 21.0. The van der Waals surface area contributed by atoms with Crippen molar-refractivity contribution in [2.75, 3.05) is 6.61 Å². The average Bonchev–Trinajstić information content (AvgIpc) is 3.07. The summed E-state index contributed by atoms with van der Waals surface area (Å²) in [7, 11) is 0. The van der Waals surface area contributed by atoms with Gasteiger partial charge in [-0.1, -0.05) is 24.6 Å². The fourth-order valence-corrected chi connectivity index (χ4v) is 4.35. The summed E-state index contributed by atoms with van der Waals surface area (Å²) in [5.41, 5.74) is 2.42. The molecule has 0 radical (unpaired) electrons. The molecule has 164 valence electrons. The summed E-state index contributed by atoms with van der Waals surface area (Å²) in [6.45, 7) is 8.41. The van der Waals surface area contributed by atoms with Crippen molar-refractivity contribution in [3.05, 3.63) is 55.9 Å². The monoisotopic (exact) mass is 522 g/mol. The van der Waals surface area contributed by atoms with Crippen LogP contribution in [0.1, 0.15) is 38.3 Å². The van der Waals surface area contributed by atoms with Crippen LogP contribution in [0.4, 0.5) is 5.69 Å². The molecule has 1 aliphatic rings. The molecule has 2 aromatic carbocycles. The normalized spacial score (nSPS) is 17.2. The Labute approximate surface area is 200 Å². The zero-order valence-electron chi connectivity index (χ0n) is 17.8. The Kier molecular flexibility index (Phi) is 8.08. The highest BCUT2D eigenvalue weighted by Gasteiger charge is 2.24. The van der Waals surface area contributed by atoms with Crippen LogP contribution in [0.25, 0.3) is 6.08 Å². The Bertz CT molecular complexity index is 1060. The van der Waals surface area contributed by atoms with E-state index in [-0.39, 0.29) is 12.0 Å². The van der Waals surface area contributed by atoms with E-state index in [2.05, 4.69) is 33.2 Å². The van der Waals surface area contributed by atoms with Gasteiger partial charge in [0.2, 0.25) is 0 Å². The number of nitrogens with zero attached hydrogens (tertiary/aromatic N) is 1. The van der Waals surface area contributed by atoms with Crippen LogP contribution in [0.15, 0.2) is 44.7 Å². The standard InChI is InChI=1S/C23H24BrClN2O3S/c1-5-13(3)30-21-16(24)10-15(11-19(21)29-6-2)12-20-22(28)27-23(31-20)26-18-9-7-8-17(25)14(18)4/h7-13H,5-6H2,1-4H3,(H,26,27,28)/b20-12+/t13-/m0/s1. The summed E-state index contributed by atoms with van der Waals surface area (Å²) >= 11 is 11.0. The summed E-state index contributed by atoms with van der Waals surface area (Å²) in [6.07, 6.45) is 2.76. The molecule has 2 aromatic rings. The van der Waals surface area contributed by atoms with Gasteiger partial charge in [0.15, 0.2) is 16.7 Å². The van der Waals surface area contributed by atoms with Gasteiger partial charge in [-0.15, -0.1) is 0 Å². The topological polar surface area (TPSA) is 59.9 Å². The number of amides is 1. The quantitative estimate of drug-likeness (QED) is 0.402. The molecule has 31 heavy (non-hydrogen) atoms. The van der Waals surface area contributed by atoms with Crippen molar-refractivity contribution in [1.29, 1.82) is 0 Å². The van der Waals surface area contributed by atoms with Crippen LogP contribution >= 0.6 is 39.3 Å². The first-order valence-corrected chi connectivity index (χ1v) is 12.0. The fraction of sp³-hybridized carbons (Fsp3) is 0.304. The van der Waals surface area contributed by atoms with E-state index in [0.717, 1.165) is 27.7 Å². The summed E-state index contributed by atoms with van der Waals surface area (Å²) in [4.78, 5) is 17.6. The van der Waals surface area contributed by atoms with Gasteiger partial charge >= 0.3 is 0 Å². The van der Waals surface area contributed by atoms with Gasteiger partial charge in [0.1, 0.15) is 0 Å². The molecule has 1 aliphatic heterocycles. The molecule has 8 heteroatoms. The van der Waals surface area contributed by atoms with E-state index in [1.807, 2.05) is 57.2 Å². The van der Waals surface area contributed by atoms with Crippen LogP contribution in [-0.4, -0.2) is 23.8 Å². The Morgan fingerprint density at radius 3 is 2.81 bits per heavy atom. The van der Waals surface area contributed by atoms with Crippen molar-refractivity contribution in [2.45, 2.75) is 40.2 Å². The molecule has 1 amide bonds. The number of rotatable bonds is 7. The maximum absolute atomic E-state index is 12.5. The van der Waals surface area contributed by atoms with E-state index in [1.54, 1.807) is 0 Å². The SMILES string of the molecule is CCOc1cc(/C=C2/SC(=Nc3cccc(Cl)c3C)NC2=O)cc(Br)c1O[C@@H](C)CC. The zero-order chi connectivity index (χ0) is 22.5. The average molecular weight is 524 g/mol.